The third-order valence-electron chi connectivity index (χ3n) is 2.33. The lowest BCUT2D eigenvalue weighted by atomic mass is 10.1. The van der Waals surface area contributed by atoms with Gasteiger partial charge in [-0.25, -0.2) is 4.79 Å². The van der Waals surface area contributed by atoms with Crippen molar-refractivity contribution in [2.24, 2.45) is 5.73 Å². The van der Waals surface area contributed by atoms with Gasteiger partial charge in [0.1, 0.15) is 6.04 Å². The second-order valence-electron chi connectivity index (χ2n) is 3.68. The fraction of sp³-hybridized carbons (Fsp3) is 0.667. The Bertz CT molecular complexity index is 317. The van der Waals surface area contributed by atoms with Gasteiger partial charge in [-0.1, -0.05) is 0 Å². The molecule has 0 radical (unpaired) electrons. The van der Waals surface area contributed by atoms with Crippen molar-refractivity contribution in [1.82, 2.24) is 10.6 Å². The number of thioether (sulfide) groups is 1. The average molecular weight is 261 g/mol. The van der Waals surface area contributed by atoms with Crippen LogP contribution in [0.15, 0.2) is 0 Å². The summed E-state index contributed by atoms with van der Waals surface area (Å²) in [6.45, 7) is 0. The summed E-state index contributed by atoms with van der Waals surface area (Å²) in [6, 6.07) is -1.43. The topological polar surface area (TPSA) is 122 Å². The summed E-state index contributed by atoms with van der Waals surface area (Å²) in [6.07, 6.45) is -0.0552. The van der Waals surface area contributed by atoms with E-state index in [-0.39, 0.29) is 24.8 Å². The largest absolute Gasteiger partial charge is 0.480 e. The number of carbonyl (C=O) groups is 3. The molecule has 1 saturated heterocycles. The molecular weight excluding hydrogens is 246 g/mol. The number of carboxylic acids is 1. The van der Waals surface area contributed by atoms with Gasteiger partial charge in [-0.3, -0.25) is 14.9 Å². The number of amides is 2. The van der Waals surface area contributed by atoms with Gasteiger partial charge < -0.3 is 16.2 Å². The number of hydrogen-bond acceptors (Lipinski definition) is 5. The summed E-state index contributed by atoms with van der Waals surface area (Å²) < 4.78 is 0. The van der Waals surface area contributed by atoms with E-state index in [1.807, 2.05) is 0 Å². The quantitative estimate of drug-likeness (QED) is 0.461. The minimum Gasteiger partial charge on any atom is -0.480 e. The van der Waals surface area contributed by atoms with E-state index in [9.17, 15) is 14.4 Å². The Morgan fingerprint density at radius 2 is 2.24 bits per heavy atom. The van der Waals surface area contributed by atoms with E-state index in [1.54, 1.807) is 11.8 Å². The highest BCUT2D eigenvalue weighted by Crippen LogP contribution is 2.10. The highest BCUT2D eigenvalue weighted by Gasteiger charge is 2.27. The molecule has 0 spiro atoms. The monoisotopic (exact) mass is 261 g/mol. The van der Waals surface area contributed by atoms with Crippen LogP contribution in [0, 0.1) is 0 Å². The smallest absolute Gasteiger partial charge is 0.326 e. The lowest BCUT2D eigenvalue weighted by molar-refractivity contribution is -0.142. The second-order valence-corrected chi connectivity index (χ2v) is 4.71. The molecule has 5 N–H and O–H groups in total. The average Bonchev–Trinajstić information content (AvgIpc) is 2.76. The van der Waals surface area contributed by atoms with Gasteiger partial charge in [0.25, 0.3) is 0 Å². The highest BCUT2D eigenvalue weighted by molar-refractivity contribution is 7.99. The third kappa shape index (κ3) is 4.61. The summed E-state index contributed by atoms with van der Waals surface area (Å²) in [7, 11) is 0. The van der Waals surface area contributed by atoms with Crippen LogP contribution in [0.4, 0.5) is 0 Å². The second kappa shape index (κ2) is 6.45. The molecule has 1 aliphatic heterocycles. The van der Waals surface area contributed by atoms with E-state index in [0.717, 1.165) is 0 Å². The van der Waals surface area contributed by atoms with E-state index in [2.05, 4.69) is 10.6 Å². The number of primary amides is 1. The van der Waals surface area contributed by atoms with Gasteiger partial charge in [-0.15, -0.1) is 11.8 Å². The van der Waals surface area contributed by atoms with Crippen molar-refractivity contribution in [3.05, 3.63) is 0 Å². The SMILES string of the molecule is NC(=O)CC[C@@H](NC(=O)C1CSCN1)C(=O)O. The van der Waals surface area contributed by atoms with Crippen LogP contribution < -0.4 is 16.4 Å². The Kier molecular flexibility index (Phi) is 5.23. The normalized spacial score (nSPS) is 20.8. The van der Waals surface area contributed by atoms with Gasteiger partial charge in [0.2, 0.25) is 11.8 Å². The Hall–Kier alpha value is -1.28. The summed E-state index contributed by atoms with van der Waals surface area (Å²) in [5, 5.41) is 14.2. The first kappa shape index (κ1) is 13.8. The van der Waals surface area contributed by atoms with Crippen LogP contribution in [0.2, 0.25) is 0 Å². The van der Waals surface area contributed by atoms with Crippen LogP contribution in [-0.2, 0) is 14.4 Å². The summed E-state index contributed by atoms with van der Waals surface area (Å²) in [5.74, 6) is -0.803. The minimum absolute atomic E-state index is 0.0102. The van der Waals surface area contributed by atoms with Crippen LogP contribution in [-0.4, -0.2) is 46.6 Å². The van der Waals surface area contributed by atoms with Crippen molar-refractivity contribution in [3.63, 3.8) is 0 Å². The Morgan fingerprint density at radius 1 is 1.53 bits per heavy atom. The van der Waals surface area contributed by atoms with Gasteiger partial charge in [-0.2, -0.15) is 0 Å². The Balaban J connectivity index is 2.44. The number of nitrogens with one attached hydrogen (secondary N) is 2. The molecule has 0 saturated carbocycles. The first-order chi connectivity index (χ1) is 8.00. The number of aliphatic carboxylic acids is 1. The van der Waals surface area contributed by atoms with Gasteiger partial charge in [0.05, 0.1) is 6.04 Å². The zero-order valence-corrected chi connectivity index (χ0v) is 9.96. The molecule has 1 aliphatic rings. The predicted molar refractivity (Wildman–Crippen MR) is 62.2 cm³/mol. The maximum Gasteiger partial charge on any atom is 0.326 e. The molecule has 0 aromatic carbocycles. The van der Waals surface area contributed by atoms with Crippen molar-refractivity contribution in [2.45, 2.75) is 24.9 Å². The predicted octanol–water partition coefficient (Wildman–Crippen LogP) is -1.52. The van der Waals surface area contributed by atoms with Gasteiger partial charge in [0, 0.05) is 18.1 Å². The van der Waals surface area contributed by atoms with E-state index in [0.29, 0.717) is 11.6 Å². The number of carbonyl (C=O) groups excluding carboxylic acids is 2. The third-order valence-corrected chi connectivity index (χ3v) is 3.27. The van der Waals surface area contributed by atoms with Crippen LogP contribution in [0.25, 0.3) is 0 Å². The van der Waals surface area contributed by atoms with E-state index in [1.165, 1.54) is 0 Å². The van der Waals surface area contributed by atoms with E-state index in [4.69, 9.17) is 10.8 Å². The maximum atomic E-state index is 11.6. The van der Waals surface area contributed by atoms with Crippen molar-refractivity contribution in [2.75, 3.05) is 11.6 Å². The molecule has 2 atom stereocenters. The number of rotatable bonds is 6. The van der Waals surface area contributed by atoms with E-state index < -0.39 is 17.9 Å². The molecular formula is C9H15N3O4S. The maximum absolute atomic E-state index is 11.6. The summed E-state index contributed by atoms with van der Waals surface area (Å²) in [5.41, 5.74) is 4.93. The molecule has 1 fully saturated rings. The van der Waals surface area contributed by atoms with Crippen LogP contribution in [0.3, 0.4) is 0 Å². The van der Waals surface area contributed by atoms with Crippen molar-refractivity contribution < 1.29 is 19.5 Å². The van der Waals surface area contributed by atoms with E-state index >= 15 is 0 Å². The Morgan fingerprint density at radius 3 is 2.71 bits per heavy atom. The van der Waals surface area contributed by atoms with Crippen molar-refractivity contribution in [1.29, 1.82) is 0 Å². The van der Waals surface area contributed by atoms with Crippen LogP contribution in [0.5, 0.6) is 0 Å². The summed E-state index contributed by atoms with van der Waals surface area (Å²) in [4.78, 5) is 33.1. The van der Waals surface area contributed by atoms with Crippen LogP contribution >= 0.6 is 11.8 Å². The molecule has 0 aromatic rings. The van der Waals surface area contributed by atoms with Crippen LogP contribution in [0.1, 0.15) is 12.8 Å². The zero-order chi connectivity index (χ0) is 12.8. The molecule has 0 bridgehead atoms. The molecule has 1 heterocycles. The number of nitrogens with two attached hydrogens (primary N) is 1. The van der Waals surface area contributed by atoms with Crippen molar-refractivity contribution in [3.8, 4) is 0 Å². The molecule has 7 nitrogen and oxygen atoms in total. The number of hydrogen-bond donors (Lipinski definition) is 4. The van der Waals surface area contributed by atoms with Gasteiger partial charge in [0.15, 0.2) is 0 Å². The lowest BCUT2D eigenvalue weighted by Gasteiger charge is -2.16. The molecule has 96 valence electrons. The molecule has 2 amide bonds. The lowest BCUT2D eigenvalue weighted by Crippen LogP contribution is -2.49. The molecule has 17 heavy (non-hydrogen) atoms. The summed E-state index contributed by atoms with van der Waals surface area (Å²) >= 11 is 1.57. The molecule has 0 aliphatic carbocycles. The molecule has 8 heteroatoms. The molecule has 1 unspecified atom stereocenters. The highest BCUT2D eigenvalue weighted by atomic mass is 32.2. The first-order valence-corrected chi connectivity index (χ1v) is 6.29. The fourth-order valence-corrected chi connectivity index (χ4v) is 2.32. The van der Waals surface area contributed by atoms with Gasteiger partial charge >= 0.3 is 5.97 Å². The number of carboxylic acid groups (broad SMARTS) is 1. The zero-order valence-electron chi connectivity index (χ0n) is 9.14. The van der Waals surface area contributed by atoms with Crippen molar-refractivity contribution >= 4 is 29.5 Å². The first-order valence-electron chi connectivity index (χ1n) is 5.13. The van der Waals surface area contributed by atoms with Gasteiger partial charge in [-0.05, 0) is 6.42 Å². The Labute approximate surface area is 102 Å². The fourth-order valence-electron chi connectivity index (χ4n) is 1.38. The standard InChI is InChI=1S/C9H15N3O4S/c10-7(13)2-1-5(9(15)16)12-8(14)6-3-17-4-11-6/h5-6,11H,1-4H2,(H2,10,13)(H,12,14)(H,15,16)/t5-,6?/m1/s1. The molecule has 0 aromatic heterocycles. The minimum atomic E-state index is -1.16. The molecule has 1 rings (SSSR count).